The van der Waals surface area contributed by atoms with Gasteiger partial charge in [-0.05, 0) is 36.8 Å². The quantitative estimate of drug-likeness (QED) is 0.846. The van der Waals surface area contributed by atoms with Crippen LogP contribution >= 0.6 is 0 Å². The van der Waals surface area contributed by atoms with Gasteiger partial charge >= 0.3 is 5.97 Å². The van der Waals surface area contributed by atoms with Crippen molar-refractivity contribution in [1.82, 2.24) is 0 Å². The van der Waals surface area contributed by atoms with E-state index in [2.05, 4.69) is 19.1 Å². The van der Waals surface area contributed by atoms with Crippen molar-refractivity contribution >= 4 is 5.97 Å². The standard InChI is InChI=1S/C15H17FO3/c1-10-5-2-3-6-11(10)9-19-14-12(15(17)18)7-4-8-13(14)16/h2-4,7-8,10-11H,5-6,9H2,1H3,(H,17,18). The molecule has 1 aliphatic carbocycles. The van der Waals surface area contributed by atoms with E-state index < -0.39 is 11.8 Å². The van der Waals surface area contributed by atoms with Crippen LogP contribution in [0, 0.1) is 17.7 Å². The molecule has 0 saturated heterocycles. The van der Waals surface area contributed by atoms with Crippen LogP contribution in [0.15, 0.2) is 30.4 Å². The van der Waals surface area contributed by atoms with Gasteiger partial charge < -0.3 is 9.84 Å². The van der Waals surface area contributed by atoms with E-state index in [-0.39, 0.29) is 11.3 Å². The molecule has 19 heavy (non-hydrogen) atoms. The number of benzene rings is 1. The minimum absolute atomic E-state index is 0.126. The van der Waals surface area contributed by atoms with Crippen molar-refractivity contribution in [2.45, 2.75) is 19.8 Å². The van der Waals surface area contributed by atoms with Gasteiger partial charge in [-0.2, -0.15) is 0 Å². The van der Waals surface area contributed by atoms with Gasteiger partial charge in [0.1, 0.15) is 5.56 Å². The van der Waals surface area contributed by atoms with Crippen molar-refractivity contribution in [2.24, 2.45) is 11.8 Å². The number of carboxylic acid groups (broad SMARTS) is 1. The third-order valence-corrected chi connectivity index (χ3v) is 3.56. The Morgan fingerprint density at radius 3 is 2.84 bits per heavy atom. The van der Waals surface area contributed by atoms with Crippen LogP contribution in [0.4, 0.5) is 4.39 Å². The SMILES string of the molecule is CC1CC=CCC1COc1c(F)cccc1C(=O)O. The van der Waals surface area contributed by atoms with Crippen LogP contribution < -0.4 is 4.74 Å². The van der Waals surface area contributed by atoms with Gasteiger partial charge in [0.25, 0.3) is 0 Å². The molecule has 3 nitrogen and oxygen atoms in total. The molecular formula is C15H17FO3. The average molecular weight is 264 g/mol. The Bertz CT molecular complexity index is 496. The third-order valence-electron chi connectivity index (χ3n) is 3.56. The highest BCUT2D eigenvalue weighted by Crippen LogP contribution is 2.28. The summed E-state index contributed by atoms with van der Waals surface area (Å²) in [5.74, 6) is -1.20. The Labute approximate surface area is 111 Å². The van der Waals surface area contributed by atoms with Gasteiger partial charge in [0.05, 0.1) is 6.61 Å². The first kappa shape index (κ1) is 13.6. The number of rotatable bonds is 4. The number of halogens is 1. The molecule has 0 spiro atoms. The lowest BCUT2D eigenvalue weighted by Crippen LogP contribution is -2.22. The molecule has 1 aromatic rings. The molecule has 2 rings (SSSR count). The second kappa shape index (κ2) is 5.87. The van der Waals surface area contributed by atoms with E-state index in [1.54, 1.807) is 0 Å². The van der Waals surface area contributed by atoms with Crippen LogP contribution in [0.5, 0.6) is 5.75 Å². The number of para-hydroxylation sites is 1. The van der Waals surface area contributed by atoms with E-state index in [9.17, 15) is 9.18 Å². The Morgan fingerprint density at radius 1 is 1.42 bits per heavy atom. The summed E-state index contributed by atoms with van der Waals surface area (Å²) in [7, 11) is 0. The number of carbonyl (C=O) groups is 1. The van der Waals surface area contributed by atoms with Crippen molar-refractivity contribution < 1.29 is 19.0 Å². The highest BCUT2D eigenvalue weighted by molar-refractivity contribution is 5.90. The number of ether oxygens (including phenoxy) is 1. The second-order valence-corrected chi connectivity index (χ2v) is 4.91. The molecular weight excluding hydrogens is 247 g/mol. The number of allylic oxidation sites excluding steroid dienone is 2. The van der Waals surface area contributed by atoms with Crippen LogP contribution in [0.25, 0.3) is 0 Å². The second-order valence-electron chi connectivity index (χ2n) is 4.91. The van der Waals surface area contributed by atoms with E-state index in [0.717, 1.165) is 12.8 Å². The molecule has 0 amide bonds. The predicted molar refractivity (Wildman–Crippen MR) is 69.9 cm³/mol. The highest BCUT2D eigenvalue weighted by atomic mass is 19.1. The van der Waals surface area contributed by atoms with Gasteiger partial charge in [0, 0.05) is 0 Å². The molecule has 0 saturated carbocycles. The smallest absolute Gasteiger partial charge is 0.339 e. The summed E-state index contributed by atoms with van der Waals surface area (Å²) in [5.41, 5.74) is -0.126. The summed E-state index contributed by atoms with van der Waals surface area (Å²) < 4.78 is 19.1. The van der Waals surface area contributed by atoms with Crippen molar-refractivity contribution in [3.05, 3.63) is 41.7 Å². The van der Waals surface area contributed by atoms with E-state index in [4.69, 9.17) is 9.84 Å². The first-order valence-electron chi connectivity index (χ1n) is 6.39. The number of hydrogen-bond acceptors (Lipinski definition) is 2. The molecule has 4 heteroatoms. The molecule has 2 atom stereocenters. The summed E-state index contributed by atoms with van der Waals surface area (Å²) in [6, 6.07) is 3.94. The van der Waals surface area contributed by atoms with E-state index >= 15 is 0 Å². The van der Waals surface area contributed by atoms with Gasteiger partial charge in [-0.3, -0.25) is 0 Å². The predicted octanol–water partition coefficient (Wildman–Crippen LogP) is 3.51. The first-order valence-corrected chi connectivity index (χ1v) is 6.39. The van der Waals surface area contributed by atoms with Crippen LogP contribution in [0.1, 0.15) is 30.1 Å². The maximum Gasteiger partial charge on any atom is 0.339 e. The van der Waals surface area contributed by atoms with Gasteiger partial charge in [-0.15, -0.1) is 0 Å². The summed E-state index contributed by atoms with van der Waals surface area (Å²) in [4.78, 5) is 11.0. The maximum absolute atomic E-state index is 13.7. The van der Waals surface area contributed by atoms with Crippen LogP contribution in [0.3, 0.4) is 0 Å². The molecule has 0 aliphatic heterocycles. The lowest BCUT2D eigenvalue weighted by Gasteiger charge is -2.25. The van der Waals surface area contributed by atoms with Crippen LogP contribution in [-0.2, 0) is 0 Å². The Kier molecular flexibility index (Phi) is 4.20. The Morgan fingerprint density at radius 2 is 2.16 bits per heavy atom. The first-order chi connectivity index (χ1) is 9.09. The molecule has 0 fully saturated rings. The van der Waals surface area contributed by atoms with Crippen molar-refractivity contribution in [3.63, 3.8) is 0 Å². The van der Waals surface area contributed by atoms with E-state index in [1.807, 2.05) is 0 Å². The Hall–Kier alpha value is -1.84. The van der Waals surface area contributed by atoms with Crippen LogP contribution in [0.2, 0.25) is 0 Å². The highest BCUT2D eigenvalue weighted by Gasteiger charge is 2.21. The molecule has 0 radical (unpaired) electrons. The minimum Gasteiger partial charge on any atom is -0.489 e. The molecule has 102 valence electrons. The number of hydrogen-bond donors (Lipinski definition) is 1. The molecule has 1 aliphatic rings. The molecule has 0 heterocycles. The monoisotopic (exact) mass is 264 g/mol. The topological polar surface area (TPSA) is 46.5 Å². The number of carboxylic acids is 1. The zero-order valence-corrected chi connectivity index (χ0v) is 10.8. The Balaban J connectivity index is 2.11. The summed E-state index contributed by atoms with van der Waals surface area (Å²) in [6.45, 7) is 2.46. The van der Waals surface area contributed by atoms with Crippen molar-refractivity contribution in [2.75, 3.05) is 6.61 Å². The lowest BCUT2D eigenvalue weighted by atomic mass is 9.85. The van der Waals surface area contributed by atoms with Crippen molar-refractivity contribution in [1.29, 1.82) is 0 Å². The largest absolute Gasteiger partial charge is 0.489 e. The fraction of sp³-hybridized carbons (Fsp3) is 0.400. The molecule has 0 bridgehead atoms. The zero-order valence-electron chi connectivity index (χ0n) is 10.8. The zero-order chi connectivity index (χ0) is 13.8. The van der Waals surface area contributed by atoms with E-state index in [1.165, 1.54) is 18.2 Å². The molecule has 1 aromatic carbocycles. The van der Waals surface area contributed by atoms with Crippen LogP contribution in [-0.4, -0.2) is 17.7 Å². The minimum atomic E-state index is -1.17. The van der Waals surface area contributed by atoms with Gasteiger partial charge in [-0.1, -0.05) is 25.1 Å². The summed E-state index contributed by atoms with van der Waals surface area (Å²) in [6.07, 6.45) is 6.09. The summed E-state index contributed by atoms with van der Waals surface area (Å²) >= 11 is 0. The average Bonchev–Trinajstić information content (AvgIpc) is 2.38. The van der Waals surface area contributed by atoms with Gasteiger partial charge in [0.2, 0.25) is 0 Å². The van der Waals surface area contributed by atoms with E-state index in [0.29, 0.717) is 18.4 Å². The molecule has 2 unspecified atom stereocenters. The normalized spacial score (nSPS) is 22.2. The summed E-state index contributed by atoms with van der Waals surface area (Å²) in [5, 5.41) is 9.02. The number of aromatic carboxylic acids is 1. The fourth-order valence-electron chi connectivity index (χ4n) is 2.25. The molecule has 0 aromatic heterocycles. The van der Waals surface area contributed by atoms with Gasteiger partial charge in [0.15, 0.2) is 11.6 Å². The van der Waals surface area contributed by atoms with Crippen molar-refractivity contribution in [3.8, 4) is 5.75 Å². The maximum atomic E-state index is 13.7. The lowest BCUT2D eigenvalue weighted by molar-refractivity contribution is 0.0689. The molecule has 1 N–H and O–H groups in total. The fourth-order valence-corrected chi connectivity index (χ4v) is 2.25. The van der Waals surface area contributed by atoms with Gasteiger partial charge in [-0.25, -0.2) is 9.18 Å². The third kappa shape index (κ3) is 3.13.